The number of rotatable bonds is 17. The molecule has 4 amide bonds. The maximum atomic E-state index is 12.7. The number of hydrogen-bond donors (Lipinski definition) is 7. The number of carbonyl (C=O) groups excluding carboxylic acids is 4. The van der Waals surface area contributed by atoms with E-state index in [1.807, 2.05) is 0 Å². The van der Waals surface area contributed by atoms with Crippen LogP contribution in [-0.4, -0.2) is 72.0 Å². The summed E-state index contributed by atoms with van der Waals surface area (Å²) in [4.78, 5) is 60.6. The first-order valence-electron chi connectivity index (χ1n) is 11.3. The zero-order valence-corrected chi connectivity index (χ0v) is 19.9. The summed E-state index contributed by atoms with van der Waals surface area (Å²) in [5, 5.41) is 19.2. The predicted molar refractivity (Wildman–Crippen MR) is 126 cm³/mol. The number of nitrogens with two attached hydrogens (primary N) is 2. The van der Waals surface area contributed by atoms with Gasteiger partial charge in [-0.15, -0.1) is 12.3 Å². The second kappa shape index (κ2) is 17.3. The molecule has 192 valence electrons. The summed E-state index contributed by atoms with van der Waals surface area (Å²) in [7, 11) is 0. The van der Waals surface area contributed by atoms with Crippen LogP contribution in [-0.2, 0) is 24.0 Å². The summed E-state index contributed by atoms with van der Waals surface area (Å²) in [6.45, 7) is 3.50. The van der Waals surface area contributed by atoms with Crippen molar-refractivity contribution in [3.05, 3.63) is 0 Å². The van der Waals surface area contributed by atoms with Gasteiger partial charge in [-0.2, -0.15) is 0 Å². The minimum absolute atomic E-state index is 0.154. The van der Waals surface area contributed by atoms with Gasteiger partial charge < -0.3 is 37.8 Å². The van der Waals surface area contributed by atoms with Crippen LogP contribution in [0.5, 0.6) is 0 Å². The smallest absolute Gasteiger partial charge is 0.326 e. The zero-order chi connectivity index (χ0) is 26.1. The molecule has 12 nitrogen and oxygen atoms in total. The van der Waals surface area contributed by atoms with Crippen molar-refractivity contribution < 1.29 is 29.1 Å². The van der Waals surface area contributed by atoms with Crippen LogP contribution in [0.2, 0.25) is 0 Å². The summed E-state index contributed by atoms with van der Waals surface area (Å²) >= 11 is 0. The fraction of sp³-hybridized carbons (Fsp3) is 0.682. The van der Waals surface area contributed by atoms with Crippen LogP contribution in [0, 0.1) is 12.3 Å². The number of amides is 4. The topological polar surface area (TPSA) is 206 Å². The number of aliphatic carboxylic acids is 1. The lowest BCUT2D eigenvalue weighted by atomic mass is 10.1. The van der Waals surface area contributed by atoms with Crippen molar-refractivity contribution >= 4 is 29.6 Å². The van der Waals surface area contributed by atoms with Crippen LogP contribution in [0.25, 0.3) is 0 Å². The van der Waals surface area contributed by atoms with Gasteiger partial charge in [-0.3, -0.25) is 19.2 Å². The van der Waals surface area contributed by atoms with Crippen LogP contribution in [0.1, 0.15) is 58.8 Å². The molecular formula is C22H38N6O6. The number of hydrogen-bond acceptors (Lipinski definition) is 7. The van der Waals surface area contributed by atoms with Gasteiger partial charge in [0.05, 0.1) is 0 Å². The summed E-state index contributed by atoms with van der Waals surface area (Å²) in [6, 6.07) is -4.23. The highest BCUT2D eigenvalue weighted by molar-refractivity contribution is 5.94. The molecule has 0 aliphatic heterocycles. The molecule has 0 heterocycles. The molecule has 4 atom stereocenters. The van der Waals surface area contributed by atoms with E-state index < -0.39 is 53.8 Å². The molecule has 0 radical (unpaired) electrons. The molecule has 0 saturated carbocycles. The van der Waals surface area contributed by atoms with Crippen LogP contribution < -0.4 is 32.7 Å². The van der Waals surface area contributed by atoms with E-state index in [4.69, 9.17) is 17.9 Å². The average Bonchev–Trinajstić information content (AvgIpc) is 2.76. The van der Waals surface area contributed by atoms with Gasteiger partial charge in [-0.1, -0.05) is 0 Å². The summed E-state index contributed by atoms with van der Waals surface area (Å²) < 4.78 is 0. The number of carboxylic acid groups (broad SMARTS) is 1. The van der Waals surface area contributed by atoms with E-state index in [0.717, 1.165) is 0 Å². The Morgan fingerprint density at radius 3 is 1.76 bits per heavy atom. The van der Waals surface area contributed by atoms with E-state index in [-0.39, 0.29) is 12.8 Å². The largest absolute Gasteiger partial charge is 0.480 e. The second-order valence-electron chi connectivity index (χ2n) is 7.92. The first-order valence-corrected chi connectivity index (χ1v) is 11.3. The molecule has 0 fully saturated rings. The molecule has 0 aliphatic rings. The molecule has 0 bridgehead atoms. The standard InChI is InChI=1S/C22H38N6O6/c1-4-9-16(27-21(32)17(26-15(3)29)10-5-7-12-23)20(31)25-14(2)19(30)28-18(22(33)34)11-6-8-13-24/h1,14,16-18H,5-13,23-24H2,2-3H3,(H,25,31)(H,26,29)(H,27,32)(H,28,30)(H,33,34)/t14-,16-,17-,18-/m0/s1. The number of nitrogens with one attached hydrogen (secondary N) is 4. The fourth-order valence-corrected chi connectivity index (χ4v) is 3.03. The normalized spacial score (nSPS) is 14.0. The van der Waals surface area contributed by atoms with E-state index in [9.17, 15) is 29.1 Å². The summed E-state index contributed by atoms with van der Waals surface area (Å²) in [5.41, 5.74) is 10.9. The van der Waals surface area contributed by atoms with Gasteiger partial charge in [-0.25, -0.2) is 4.79 Å². The predicted octanol–water partition coefficient (Wildman–Crippen LogP) is -1.67. The molecule has 0 aromatic rings. The highest BCUT2D eigenvalue weighted by atomic mass is 16.4. The third kappa shape index (κ3) is 12.8. The van der Waals surface area contributed by atoms with Crippen molar-refractivity contribution in [2.75, 3.05) is 13.1 Å². The molecular weight excluding hydrogens is 444 g/mol. The molecule has 12 heteroatoms. The van der Waals surface area contributed by atoms with Crippen LogP contribution in [0.3, 0.4) is 0 Å². The molecule has 9 N–H and O–H groups in total. The van der Waals surface area contributed by atoms with Crippen molar-refractivity contribution in [3.8, 4) is 12.3 Å². The Balaban J connectivity index is 5.10. The summed E-state index contributed by atoms with van der Waals surface area (Å²) in [5.74, 6) is -1.31. The lowest BCUT2D eigenvalue weighted by Gasteiger charge is -2.24. The Kier molecular flexibility index (Phi) is 15.7. The fourth-order valence-electron chi connectivity index (χ4n) is 3.03. The number of carboxylic acids is 1. The first kappa shape index (κ1) is 30.8. The van der Waals surface area contributed by atoms with Gasteiger partial charge in [0.1, 0.15) is 24.2 Å². The molecule has 0 aromatic heterocycles. The van der Waals surface area contributed by atoms with Crippen LogP contribution in [0.4, 0.5) is 0 Å². The minimum Gasteiger partial charge on any atom is -0.480 e. The van der Waals surface area contributed by atoms with E-state index >= 15 is 0 Å². The van der Waals surface area contributed by atoms with Crippen molar-refractivity contribution in [2.45, 2.75) is 83.0 Å². The second-order valence-corrected chi connectivity index (χ2v) is 7.92. The van der Waals surface area contributed by atoms with Crippen molar-refractivity contribution in [1.29, 1.82) is 0 Å². The molecule has 0 unspecified atom stereocenters. The van der Waals surface area contributed by atoms with Crippen LogP contribution in [0.15, 0.2) is 0 Å². The molecule has 34 heavy (non-hydrogen) atoms. The Morgan fingerprint density at radius 1 is 0.794 bits per heavy atom. The van der Waals surface area contributed by atoms with Gasteiger partial charge in [-0.05, 0) is 58.5 Å². The Hall–Kier alpha value is -3.17. The number of terminal acetylenes is 1. The Morgan fingerprint density at radius 2 is 1.29 bits per heavy atom. The maximum absolute atomic E-state index is 12.7. The number of unbranched alkanes of at least 4 members (excludes halogenated alkanes) is 2. The third-order valence-corrected chi connectivity index (χ3v) is 4.91. The molecule has 0 aliphatic carbocycles. The molecule has 0 aromatic carbocycles. The van der Waals surface area contributed by atoms with E-state index in [1.165, 1.54) is 13.8 Å². The minimum atomic E-state index is -1.19. The highest BCUT2D eigenvalue weighted by Crippen LogP contribution is 2.04. The molecule has 0 rings (SSSR count). The lowest BCUT2D eigenvalue weighted by Crippen LogP contribution is -2.56. The van der Waals surface area contributed by atoms with Crippen molar-refractivity contribution in [3.63, 3.8) is 0 Å². The van der Waals surface area contributed by atoms with Gasteiger partial charge in [0, 0.05) is 13.3 Å². The first-order chi connectivity index (χ1) is 16.1. The van der Waals surface area contributed by atoms with E-state index in [1.54, 1.807) is 0 Å². The average molecular weight is 483 g/mol. The van der Waals surface area contributed by atoms with Gasteiger partial charge >= 0.3 is 5.97 Å². The summed E-state index contributed by atoms with van der Waals surface area (Å²) in [6.07, 6.45) is 8.08. The van der Waals surface area contributed by atoms with E-state index in [2.05, 4.69) is 27.2 Å². The lowest BCUT2D eigenvalue weighted by molar-refractivity contribution is -0.142. The van der Waals surface area contributed by atoms with Gasteiger partial charge in [0.25, 0.3) is 0 Å². The van der Waals surface area contributed by atoms with Gasteiger partial charge in [0.2, 0.25) is 23.6 Å². The van der Waals surface area contributed by atoms with Crippen molar-refractivity contribution in [1.82, 2.24) is 21.3 Å². The third-order valence-electron chi connectivity index (χ3n) is 4.91. The maximum Gasteiger partial charge on any atom is 0.326 e. The van der Waals surface area contributed by atoms with Gasteiger partial charge in [0.15, 0.2) is 0 Å². The monoisotopic (exact) mass is 482 g/mol. The Bertz CT molecular complexity index is 738. The highest BCUT2D eigenvalue weighted by Gasteiger charge is 2.28. The zero-order valence-electron chi connectivity index (χ0n) is 19.9. The van der Waals surface area contributed by atoms with Crippen molar-refractivity contribution in [2.24, 2.45) is 11.5 Å². The SMILES string of the molecule is C#CC[C@H](NC(=O)[C@H](CCCCN)NC(C)=O)C(=O)N[C@@H](C)C(=O)N[C@@H](CCCCN)C(=O)O. The number of carbonyl (C=O) groups is 5. The Labute approximate surface area is 200 Å². The molecule has 0 spiro atoms. The quantitative estimate of drug-likeness (QED) is 0.0940. The van der Waals surface area contributed by atoms with E-state index in [0.29, 0.717) is 45.2 Å². The molecule has 0 saturated heterocycles. The van der Waals surface area contributed by atoms with Crippen LogP contribution >= 0.6 is 0 Å².